The lowest BCUT2D eigenvalue weighted by atomic mass is 10.0. The van der Waals surface area contributed by atoms with Gasteiger partial charge >= 0.3 is 0 Å². The van der Waals surface area contributed by atoms with E-state index in [2.05, 4.69) is 18.7 Å². The Morgan fingerprint density at radius 1 is 1.31 bits per heavy atom. The van der Waals surface area contributed by atoms with Crippen molar-refractivity contribution in [2.45, 2.75) is 32.2 Å². The molecule has 86 valence electrons. The zero-order valence-electron chi connectivity index (χ0n) is 10.1. The molecule has 1 aromatic carbocycles. The van der Waals surface area contributed by atoms with Crippen LogP contribution < -0.4 is 0 Å². The van der Waals surface area contributed by atoms with Gasteiger partial charge in [0.1, 0.15) is 0 Å². The Morgan fingerprint density at radius 3 is 2.56 bits per heavy atom. The molecule has 1 aliphatic heterocycles. The van der Waals surface area contributed by atoms with Crippen LogP contribution in [0, 0.1) is 0 Å². The number of rotatable bonds is 3. The molecule has 0 aromatic heterocycles. The topological polar surface area (TPSA) is 20.3 Å². The van der Waals surface area contributed by atoms with Gasteiger partial charge in [0.25, 0.3) is 0 Å². The van der Waals surface area contributed by atoms with Crippen molar-refractivity contribution in [1.82, 2.24) is 4.90 Å². The normalized spacial score (nSPS) is 19.9. The van der Waals surface area contributed by atoms with Crippen LogP contribution in [-0.2, 0) is 0 Å². The molecule has 0 spiro atoms. The molecule has 1 aliphatic rings. The fraction of sp³-hybridized carbons (Fsp3) is 0.500. The van der Waals surface area contributed by atoms with Gasteiger partial charge < -0.3 is 0 Å². The summed E-state index contributed by atoms with van der Waals surface area (Å²) < 4.78 is 0. The minimum absolute atomic E-state index is 0.185. The first-order valence-electron chi connectivity index (χ1n) is 5.93. The molecule has 2 nitrogen and oxygen atoms in total. The number of hydrogen-bond donors (Lipinski definition) is 0. The molecule has 0 N–H and O–H groups in total. The number of ketones is 1. The number of carbonyl (C=O) groups excluding carboxylic acids is 1. The molecule has 0 aliphatic carbocycles. The Labute approximate surface area is 97.3 Å². The van der Waals surface area contributed by atoms with Crippen LogP contribution in [0.4, 0.5) is 0 Å². The number of likely N-dealkylation sites (tertiary alicyclic amines) is 1. The zero-order chi connectivity index (χ0) is 11.6. The molecule has 2 heteroatoms. The van der Waals surface area contributed by atoms with Crippen LogP contribution in [0.3, 0.4) is 0 Å². The first-order chi connectivity index (χ1) is 7.59. The number of Topliss-reactive ketones (excluding diaryl/α,β-unsaturated/α-hetero) is 1. The molecule has 1 aromatic rings. The van der Waals surface area contributed by atoms with Crippen molar-refractivity contribution in [3.8, 4) is 0 Å². The summed E-state index contributed by atoms with van der Waals surface area (Å²) in [7, 11) is 0. The second-order valence-corrected chi connectivity index (χ2v) is 5.13. The summed E-state index contributed by atoms with van der Waals surface area (Å²) in [5.74, 6) is 0.232. The van der Waals surface area contributed by atoms with E-state index in [1.165, 1.54) is 12.8 Å². The highest BCUT2D eigenvalue weighted by Gasteiger charge is 2.32. The Morgan fingerprint density at radius 2 is 2.00 bits per heavy atom. The predicted octanol–water partition coefficient (Wildman–Crippen LogP) is 2.74. The molecule has 2 rings (SSSR count). The van der Waals surface area contributed by atoms with Crippen LogP contribution >= 0.6 is 0 Å². The van der Waals surface area contributed by atoms with E-state index in [0.29, 0.717) is 6.54 Å². The summed E-state index contributed by atoms with van der Waals surface area (Å²) in [5.41, 5.74) is 1.01. The lowest BCUT2D eigenvalue weighted by Crippen LogP contribution is -2.41. The lowest BCUT2D eigenvalue weighted by molar-refractivity contribution is 0.0871. The Kier molecular flexibility index (Phi) is 3.10. The van der Waals surface area contributed by atoms with E-state index in [1.807, 2.05) is 30.3 Å². The highest BCUT2D eigenvalue weighted by atomic mass is 16.1. The number of hydrogen-bond acceptors (Lipinski definition) is 2. The van der Waals surface area contributed by atoms with Gasteiger partial charge in [-0.2, -0.15) is 0 Å². The predicted molar refractivity (Wildman–Crippen MR) is 65.7 cm³/mol. The molecule has 1 fully saturated rings. The van der Waals surface area contributed by atoms with Gasteiger partial charge in [0.05, 0.1) is 6.54 Å². The van der Waals surface area contributed by atoms with Gasteiger partial charge in [0, 0.05) is 11.1 Å². The van der Waals surface area contributed by atoms with Gasteiger partial charge in [-0.3, -0.25) is 9.69 Å². The standard InChI is InChI=1S/C14H19NO/c1-14(2)9-6-10-15(14)11-13(16)12-7-4-3-5-8-12/h3-5,7-8H,6,9-11H2,1-2H3. The van der Waals surface area contributed by atoms with Crippen LogP contribution in [0.25, 0.3) is 0 Å². The highest BCUT2D eigenvalue weighted by molar-refractivity contribution is 5.97. The van der Waals surface area contributed by atoms with E-state index in [1.54, 1.807) is 0 Å². The maximum atomic E-state index is 12.0. The first-order valence-corrected chi connectivity index (χ1v) is 5.93. The molecule has 0 amide bonds. The van der Waals surface area contributed by atoms with Crippen LogP contribution in [-0.4, -0.2) is 29.3 Å². The van der Waals surface area contributed by atoms with Crippen molar-refractivity contribution in [1.29, 1.82) is 0 Å². The van der Waals surface area contributed by atoms with E-state index in [9.17, 15) is 4.79 Å². The average Bonchev–Trinajstić information content (AvgIpc) is 2.59. The van der Waals surface area contributed by atoms with E-state index >= 15 is 0 Å². The van der Waals surface area contributed by atoms with Crippen LogP contribution in [0.1, 0.15) is 37.0 Å². The largest absolute Gasteiger partial charge is 0.293 e. The summed E-state index contributed by atoms with van der Waals surface area (Å²) >= 11 is 0. The van der Waals surface area contributed by atoms with Crippen LogP contribution in [0.15, 0.2) is 30.3 Å². The maximum absolute atomic E-state index is 12.0. The Balaban J connectivity index is 2.03. The lowest BCUT2D eigenvalue weighted by Gasteiger charge is -2.30. The third kappa shape index (κ3) is 2.33. The minimum atomic E-state index is 0.185. The van der Waals surface area contributed by atoms with Gasteiger partial charge in [-0.05, 0) is 33.2 Å². The maximum Gasteiger partial charge on any atom is 0.176 e. The number of nitrogens with zero attached hydrogens (tertiary/aromatic N) is 1. The monoisotopic (exact) mass is 217 g/mol. The number of benzene rings is 1. The van der Waals surface area contributed by atoms with Crippen LogP contribution in [0.5, 0.6) is 0 Å². The molecule has 0 radical (unpaired) electrons. The quantitative estimate of drug-likeness (QED) is 0.726. The molecule has 0 atom stereocenters. The SMILES string of the molecule is CC1(C)CCCN1CC(=O)c1ccccc1. The summed E-state index contributed by atoms with van der Waals surface area (Å²) in [4.78, 5) is 14.3. The molecule has 0 unspecified atom stereocenters. The van der Waals surface area contributed by atoms with Gasteiger partial charge in [-0.1, -0.05) is 30.3 Å². The smallest absolute Gasteiger partial charge is 0.176 e. The average molecular weight is 217 g/mol. The molecule has 16 heavy (non-hydrogen) atoms. The van der Waals surface area contributed by atoms with E-state index in [4.69, 9.17) is 0 Å². The van der Waals surface area contributed by atoms with Crippen molar-refractivity contribution < 1.29 is 4.79 Å². The summed E-state index contributed by atoms with van der Waals surface area (Å²) in [5, 5.41) is 0. The van der Waals surface area contributed by atoms with E-state index < -0.39 is 0 Å². The fourth-order valence-corrected chi connectivity index (χ4v) is 2.35. The highest BCUT2D eigenvalue weighted by Crippen LogP contribution is 2.27. The zero-order valence-corrected chi connectivity index (χ0v) is 10.1. The van der Waals surface area contributed by atoms with Crippen molar-refractivity contribution in [3.63, 3.8) is 0 Å². The van der Waals surface area contributed by atoms with Gasteiger partial charge in [-0.15, -0.1) is 0 Å². The summed E-state index contributed by atoms with van der Waals surface area (Å²) in [6.07, 6.45) is 2.39. The Bertz CT molecular complexity index is 370. The molecular formula is C14H19NO. The molecular weight excluding hydrogens is 198 g/mol. The van der Waals surface area contributed by atoms with Crippen molar-refractivity contribution in [3.05, 3.63) is 35.9 Å². The molecule has 0 saturated carbocycles. The molecule has 0 bridgehead atoms. The van der Waals surface area contributed by atoms with Crippen molar-refractivity contribution >= 4 is 5.78 Å². The van der Waals surface area contributed by atoms with Gasteiger partial charge in [0.15, 0.2) is 5.78 Å². The molecule has 1 saturated heterocycles. The first kappa shape index (κ1) is 11.3. The second-order valence-electron chi connectivity index (χ2n) is 5.13. The second kappa shape index (κ2) is 4.38. The van der Waals surface area contributed by atoms with Crippen molar-refractivity contribution in [2.75, 3.05) is 13.1 Å². The third-order valence-corrected chi connectivity index (χ3v) is 3.50. The van der Waals surface area contributed by atoms with Crippen molar-refractivity contribution in [2.24, 2.45) is 0 Å². The van der Waals surface area contributed by atoms with Gasteiger partial charge in [0.2, 0.25) is 0 Å². The van der Waals surface area contributed by atoms with Crippen LogP contribution in [0.2, 0.25) is 0 Å². The summed E-state index contributed by atoms with van der Waals surface area (Å²) in [6.45, 7) is 6.04. The Hall–Kier alpha value is -1.15. The van der Waals surface area contributed by atoms with Gasteiger partial charge in [-0.25, -0.2) is 0 Å². The fourth-order valence-electron chi connectivity index (χ4n) is 2.35. The minimum Gasteiger partial charge on any atom is -0.293 e. The third-order valence-electron chi connectivity index (χ3n) is 3.50. The summed E-state index contributed by atoms with van der Waals surface area (Å²) in [6, 6.07) is 9.57. The molecule has 1 heterocycles. The number of carbonyl (C=O) groups is 1. The van der Waals surface area contributed by atoms with E-state index in [0.717, 1.165) is 12.1 Å². The van der Waals surface area contributed by atoms with E-state index in [-0.39, 0.29) is 11.3 Å².